The van der Waals surface area contributed by atoms with Crippen molar-refractivity contribution in [3.63, 3.8) is 0 Å². The molecule has 0 N–H and O–H groups in total. The molecule has 0 saturated carbocycles. The second-order valence-electron chi connectivity index (χ2n) is 5.67. The molecule has 0 unspecified atom stereocenters. The lowest BCUT2D eigenvalue weighted by Gasteiger charge is -2.10. The molecule has 0 saturated heterocycles. The van der Waals surface area contributed by atoms with Crippen molar-refractivity contribution >= 4 is 22.8 Å². The van der Waals surface area contributed by atoms with Crippen LogP contribution in [0.1, 0.15) is 30.3 Å². The Morgan fingerprint density at radius 3 is 2.68 bits per heavy atom. The van der Waals surface area contributed by atoms with Crippen LogP contribution >= 0.6 is 11.8 Å². The molecule has 0 aliphatic carbocycles. The van der Waals surface area contributed by atoms with E-state index >= 15 is 0 Å². The second kappa shape index (κ2) is 6.57. The average molecular weight is 310 g/mol. The highest BCUT2D eigenvalue weighted by atomic mass is 32.2. The molecule has 0 spiro atoms. The van der Waals surface area contributed by atoms with Gasteiger partial charge in [0, 0.05) is 11.4 Å². The fraction of sp³-hybridized carbons (Fsp3) is 0.316. The molecule has 0 amide bonds. The third-order valence-corrected chi connectivity index (χ3v) is 5.17. The summed E-state index contributed by atoms with van der Waals surface area (Å²) >= 11 is 1.92. The molecule has 22 heavy (non-hydrogen) atoms. The van der Waals surface area contributed by atoms with E-state index in [1.165, 1.54) is 28.0 Å². The third kappa shape index (κ3) is 3.05. The summed E-state index contributed by atoms with van der Waals surface area (Å²) in [5.41, 5.74) is 5.02. The van der Waals surface area contributed by atoms with Crippen LogP contribution in [0.2, 0.25) is 0 Å². The van der Waals surface area contributed by atoms with E-state index in [1.54, 1.807) is 0 Å². The number of nitrogens with zero attached hydrogens (tertiary/aromatic N) is 2. The summed E-state index contributed by atoms with van der Waals surface area (Å²) in [4.78, 5) is 6.05. The molecule has 3 aromatic rings. The minimum Gasteiger partial charge on any atom is -0.324 e. The standard InChI is InChI=1S/C19H22N2S/c1-4-11-22-17-9-10-18-19(12-17)21(15(3)20-18)13-16-8-6-5-7-14(16)2/h5-10,12H,4,11,13H2,1-3H3. The van der Waals surface area contributed by atoms with E-state index in [0.717, 1.165) is 23.6 Å². The maximum Gasteiger partial charge on any atom is 0.107 e. The Labute approximate surface area is 136 Å². The smallest absolute Gasteiger partial charge is 0.107 e. The first-order valence-electron chi connectivity index (χ1n) is 7.83. The van der Waals surface area contributed by atoms with E-state index in [2.05, 4.69) is 67.8 Å². The minimum absolute atomic E-state index is 0.886. The molecule has 2 nitrogen and oxygen atoms in total. The van der Waals surface area contributed by atoms with Crippen molar-refractivity contribution in [2.45, 2.75) is 38.6 Å². The van der Waals surface area contributed by atoms with Gasteiger partial charge in [0.15, 0.2) is 0 Å². The fourth-order valence-corrected chi connectivity index (χ4v) is 3.49. The van der Waals surface area contributed by atoms with Gasteiger partial charge in [0.2, 0.25) is 0 Å². The molecule has 3 rings (SSSR count). The molecule has 0 radical (unpaired) electrons. The SMILES string of the molecule is CCCSc1ccc2nc(C)n(Cc3ccccc3C)c2c1. The second-order valence-corrected chi connectivity index (χ2v) is 6.84. The summed E-state index contributed by atoms with van der Waals surface area (Å²) in [6.07, 6.45) is 1.20. The zero-order chi connectivity index (χ0) is 15.5. The zero-order valence-electron chi connectivity index (χ0n) is 13.5. The van der Waals surface area contributed by atoms with Crippen molar-refractivity contribution < 1.29 is 0 Å². The van der Waals surface area contributed by atoms with Crippen molar-refractivity contribution in [3.8, 4) is 0 Å². The Bertz CT molecular complexity index is 789. The van der Waals surface area contributed by atoms with E-state index < -0.39 is 0 Å². The molecule has 2 aromatic carbocycles. The van der Waals surface area contributed by atoms with Crippen LogP contribution in [0.4, 0.5) is 0 Å². The molecular formula is C19H22N2S. The number of benzene rings is 2. The summed E-state index contributed by atoms with van der Waals surface area (Å²) in [6, 6.07) is 15.2. The normalized spacial score (nSPS) is 11.2. The van der Waals surface area contributed by atoms with Crippen LogP contribution in [0.3, 0.4) is 0 Å². The number of rotatable bonds is 5. The molecule has 0 atom stereocenters. The molecule has 3 heteroatoms. The van der Waals surface area contributed by atoms with E-state index in [0.29, 0.717) is 0 Å². The van der Waals surface area contributed by atoms with Gasteiger partial charge in [0.1, 0.15) is 5.82 Å². The van der Waals surface area contributed by atoms with Gasteiger partial charge in [-0.2, -0.15) is 0 Å². The van der Waals surface area contributed by atoms with Gasteiger partial charge in [-0.3, -0.25) is 0 Å². The third-order valence-electron chi connectivity index (χ3n) is 3.97. The highest BCUT2D eigenvalue weighted by Gasteiger charge is 2.10. The van der Waals surface area contributed by atoms with Crippen molar-refractivity contribution in [2.75, 3.05) is 5.75 Å². The number of aryl methyl sites for hydroxylation is 2. The van der Waals surface area contributed by atoms with E-state index in [9.17, 15) is 0 Å². The molecule has 114 valence electrons. The topological polar surface area (TPSA) is 17.8 Å². The van der Waals surface area contributed by atoms with Crippen LogP contribution in [-0.2, 0) is 6.54 Å². The van der Waals surface area contributed by atoms with Gasteiger partial charge in [-0.15, -0.1) is 11.8 Å². The first-order valence-corrected chi connectivity index (χ1v) is 8.82. The van der Waals surface area contributed by atoms with Crippen molar-refractivity contribution in [2.24, 2.45) is 0 Å². The molecule has 0 aliphatic rings. The van der Waals surface area contributed by atoms with Crippen molar-refractivity contribution in [1.29, 1.82) is 0 Å². The summed E-state index contributed by atoms with van der Waals surface area (Å²) in [6.45, 7) is 7.37. The number of aromatic nitrogens is 2. The van der Waals surface area contributed by atoms with Crippen LogP contribution in [0.15, 0.2) is 47.4 Å². The van der Waals surface area contributed by atoms with Crippen LogP contribution in [0.25, 0.3) is 11.0 Å². The highest BCUT2D eigenvalue weighted by Crippen LogP contribution is 2.26. The Kier molecular flexibility index (Phi) is 4.53. The first kappa shape index (κ1) is 15.2. The zero-order valence-corrected chi connectivity index (χ0v) is 14.3. The summed E-state index contributed by atoms with van der Waals surface area (Å²) < 4.78 is 2.33. The van der Waals surface area contributed by atoms with Crippen LogP contribution in [0.5, 0.6) is 0 Å². The fourth-order valence-electron chi connectivity index (χ4n) is 2.69. The van der Waals surface area contributed by atoms with Crippen LogP contribution < -0.4 is 0 Å². The maximum atomic E-state index is 4.71. The molecule has 1 heterocycles. The number of thioether (sulfide) groups is 1. The Balaban J connectivity index is 2.00. The predicted molar refractivity (Wildman–Crippen MR) is 95.8 cm³/mol. The summed E-state index contributed by atoms with van der Waals surface area (Å²) in [7, 11) is 0. The quantitative estimate of drug-likeness (QED) is 0.602. The van der Waals surface area contributed by atoms with Gasteiger partial charge in [-0.25, -0.2) is 4.98 Å². The Morgan fingerprint density at radius 2 is 1.91 bits per heavy atom. The lowest BCUT2D eigenvalue weighted by Crippen LogP contribution is -2.03. The average Bonchev–Trinajstić information content (AvgIpc) is 2.83. The van der Waals surface area contributed by atoms with Gasteiger partial charge >= 0.3 is 0 Å². The van der Waals surface area contributed by atoms with Gasteiger partial charge in [-0.1, -0.05) is 31.2 Å². The van der Waals surface area contributed by atoms with E-state index in [1.807, 2.05) is 11.8 Å². The van der Waals surface area contributed by atoms with Gasteiger partial charge in [0.25, 0.3) is 0 Å². The number of fused-ring (bicyclic) bond motifs is 1. The summed E-state index contributed by atoms with van der Waals surface area (Å²) in [5.74, 6) is 2.24. The van der Waals surface area contributed by atoms with Crippen molar-refractivity contribution in [1.82, 2.24) is 9.55 Å². The number of imidazole rings is 1. The molecule has 0 bridgehead atoms. The Morgan fingerprint density at radius 1 is 1.09 bits per heavy atom. The lowest BCUT2D eigenvalue weighted by atomic mass is 10.1. The lowest BCUT2D eigenvalue weighted by molar-refractivity contribution is 0.781. The molecule has 0 fully saturated rings. The molecule has 1 aromatic heterocycles. The minimum atomic E-state index is 0.886. The highest BCUT2D eigenvalue weighted by molar-refractivity contribution is 7.99. The van der Waals surface area contributed by atoms with Crippen LogP contribution in [-0.4, -0.2) is 15.3 Å². The predicted octanol–water partition coefficient (Wildman–Crippen LogP) is 5.20. The monoisotopic (exact) mass is 310 g/mol. The molecule has 0 aliphatic heterocycles. The first-order chi connectivity index (χ1) is 10.7. The number of hydrogen-bond donors (Lipinski definition) is 0. The van der Waals surface area contributed by atoms with Crippen LogP contribution in [0, 0.1) is 13.8 Å². The maximum absolute atomic E-state index is 4.71. The largest absolute Gasteiger partial charge is 0.324 e. The van der Waals surface area contributed by atoms with E-state index in [-0.39, 0.29) is 0 Å². The van der Waals surface area contributed by atoms with Gasteiger partial charge in [0.05, 0.1) is 11.0 Å². The van der Waals surface area contributed by atoms with Crippen molar-refractivity contribution in [3.05, 3.63) is 59.4 Å². The summed E-state index contributed by atoms with van der Waals surface area (Å²) in [5, 5.41) is 0. The van der Waals surface area contributed by atoms with E-state index in [4.69, 9.17) is 4.98 Å². The Hall–Kier alpha value is -1.74. The van der Waals surface area contributed by atoms with Gasteiger partial charge < -0.3 is 4.57 Å². The molecular weight excluding hydrogens is 288 g/mol. The van der Waals surface area contributed by atoms with Gasteiger partial charge in [-0.05, 0) is 55.3 Å². The number of hydrogen-bond acceptors (Lipinski definition) is 2.